The number of hydrogen-bond acceptors (Lipinski definition) is 5. The fraction of sp³-hybridized carbons (Fsp3) is 0.125. The number of hydrogen-bond donors (Lipinski definition) is 4. The summed E-state index contributed by atoms with van der Waals surface area (Å²) in [6, 6.07) is 2.26. The van der Waals surface area contributed by atoms with Gasteiger partial charge in [-0.3, -0.25) is 0 Å². The normalized spacial score (nSPS) is 10.5. The molecular formula is C8H10N2O3. The van der Waals surface area contributed by atoms with E-state index in [0.29, 0.717) is 5.56 Å². The first-order valence-electron chi connectivity index (χ1n) is 3.60. The van der Waals surface area contributed by atoms with E-state index in [2.05, 4.69) is 10.5 Å². The van der Waals surface area contributed by atoms with Crippen LogP contribution in [0, 0.1) is 0 Å². The Kier molecular flexibility index (Phi) is 2.59. The van der Waals surface area contributed by atoms with Crippen LogP contribution in [0.5, 0.6) is 17.2 Å². The zero-order valence-electron chi connectivity index (χ0n) is 7.02. The Hall–Kier alpha value is -1.91. The molecule has 0 bridgehead atoms. The first kappa shape index (κ1) is 9.18. The first-order valence-corrected chi connectivity index (χ1v) is 3.60. The number of hydrazone groups is 1. The van der Waals surface area contributed by atoms with Crippen molar-refractivity contribution in [1.82, 2.24) is 5.43 Å². The van der Waals surface area contributed by atoms with Gasteiger partial charge in [0.1, 0.15) is 5.75 Å². The van der Waals surface area contributed by atoms with Gasteiger partial charge in [0.05, 0.1) is 6.21 Å². The van der Waals surface area contributed by atoms with Gasteiger partial charge in [-0.1, -0.05) is 0 Å². The van der Waals surface area contributed by atoms with E-state index in [1.807, 2.05) is 0 Å². The van der Waals surface area contributed by atoms with Crippen molar-refractivity contribution >= 4 is 6.21 Å². The molecule has 5 nitrogen and oxygen atoms in total. The molecule has 4 N–H and O–H groups in total. The third-order valence-electron chi connectivity index (χ3n) is 1.46. The predicted octanol–water partition coefficient (Wildman–Crippen LogP) is 0.357. The molecule has 0 aliphatic rings. The molecule has 0 spiro atoms. The monoisotopic (exact) mass is 182 g/mol. The number of rotatable bonds is 2. The number of nitrogens with one attached hydrogen (secondary N) is 1. The van der Waals surface area contributed by atoms with E-state index in [0.717, 1.165) is 6.07 Å². The Morgan fingerprint density at radius 1 is 1.15 bits per heavy atom. The van der Waals surface area contributed by atoms with E-state index in [1.54, 1.807) is 7.05 Å². The molecule has 0 radical (unpaired) electrons. The van der Waals surface area contributed by atoms with Crippen molar-refractivity contribution in [2.75, 3.05) is 7.05 Å². The van der Waals surface area contributed by atoms with Crippen molar-refractivity contribution in [3.8, 4) is 17.2 Å². The third kappa shape index (κ3) is 2.02. The van der Waals surface area contributed by atoms with E-state index >= 15 is 0 Å². The van der Waals surface area contributed by atoms with Gasteiger partial charge in [0.15, 0.2) is 11.5 Å². The summed E-state index contributed by atoms with van der Waals surface area (Å²) in [7, 11) is 1.60. The minimum atomic E-state index is -0.362. The number of phenolic OH excluding ortho intramolecular Hbond substituents is 3. The lowest BCUT2D eigenvalue weighted by molar-refractivity contribution is 0.396. The third-order valence-corrected chi connectivity index (χ3v) is 1.46. The molecule has 0 aromatic heterocycles. The quantitative estimate of drug-likeness (QED) is 0.230. The lowest BCUT2D eigenvalue weighted by Crippen LogP contribution is -1.94. The van der Waals surface area contributed by atoms with Crippen LogP contribution in [0.2, 0.25) is 0 Å². The zero-order chi connectivity index (χ0) is 9.84. The molecule has 70 valence electrons. The fourth-order valence-corrected chi connectivity index (χ4v) is 0.819. The summed E-state index contributed by atoms with van der Waals surface area (Å²) in [4.78, 5) is 0. The second-order valence-electron chi connectivity index (χ2n) is 2.38. The Labute approximate surface area is 75.0 Å². The smallest absolute Gasteiger partial charge is 0.161 e. The Balaban J connectivity index is 3.08. The molecule has 0 saturated carbocycles. The number of benzene rings is 1. The second kappa shape index (κ2) is 3.66. The lowest BCUT2D eigenvalue weighted by Gasteiger charge is -2.01. The predicted molar refractivity (Wildman–Crippen MR) is 48.1 cm³/mol. The zero-order valence-corrected chi connectivity index (χ0v) is 7.02. The Bertz CT molecular complexity index is 336. The van der Waals surface area contributed by atoms with Crippen LogP contribution < -0.4 is 5.43 Å². The van der Waals surface area contributed by atoms with Crippen molar-refractivity contribution in [3.63, 3.8) is 0 Å². The fourth-order valence-electron chi connectivity index (χ4n) is 0.819. The van der Waals surface area contributed by atoms with Crippen LogP contribution >= 0.6 is 0 Å². The van der Waals surface area contributed by atoms with E-state index < -0.39 is 0 Å². The molecule has 0 heterocycles. The maximum Gasteiger partial charge on any atom is 0.161 e. The van der Waals surface area contributed by atoms with Crippen molar-refractivity contribution in [1.29, 1.82) is 0 Å². The summed E-state index contributed by atoms with van der Waals surface area (Å²) in [5.41, 5.74) is 2.82. The van der Waals surface area contributed by atoms with Crippen molar-refractivity contribution in [2.24, 2.45) is 5.10 Å². The molecule has 0 atom stereocenters. The molecule has 0 aliphatic carbocycles. The maximum absolute atomic E-state index is 9.25. The molecule has 13 heavy (non-hydrogen) atoms. The number of phenols is 3. The van der Waals surface area contributed by atoms with Gasteiger partial charge in [-0.05, 0) is 6.07 Å². The molecule has 1 rings (SSSR count). The summed E-state index contributed by atoms with van der Waals surface area (Å²) >= 11 is 0. The minimum absolute atomic E-state index is 0.144. The first-order chi connectivity index (χ1) is 6.15. The maximum atomic E-state index is 9.25. The van der Waals surface area contributed by atoms with Gasteiger partial charge in [0.2, 0.25) is 0 Å². The summed E-state index contributed by atoms with van der Waals surface area (Å²) < 4.78 is 0. The molecule has 0 fully saturated rings. The van der Waals surface area contributed by atoms with Crippen molar-refractivity contribution < 1.29 is 15.3 Å². The van der Waals surface area contributed by atoms with Crippen molar-refractivity contribution in [3.05, 3.63) is 17.7 Å². The Morgan fingerprint density at radius 2 is 1.77 bits per heavy atom. The summed E-state index contributed by atoms with van der Waals surface area (Å²) in [6.07, 6.45) is 1.33. The molecule has 0 saturated heterocycles. The topological polar surface area (TPSA) is 85.1 Å². The van der Waals surface area contributed by atoms with E-state index in [1.165, 1.54) is 12.3 Å². The summed E-state index contributed by atoms with van der Waals surface area (Å²) in [6.45, 7) is 0. The highest BCUT2D eigenvalue weighted by molar-refractivity contribution is 5.84. The van der Waals surface area contributed by atoms with Gasteiger partial charge in [-0.2, -0.15) is 5.10 Å². The Morgan fingerprint density at radius 3 is 2.38 bits per heavy atom. The summed E-state index contributed by atoms with van der Waals surface area (Å²) in [5, 5.41) is 31.0. The highest BCUT2D eigenvalue weighted by Crippen LogP contribution is 2.30. The van der Waals surface area contributed by atoms with Gasteiger partial charge >= 0.3 is 0 Å². The van der Waals surface area contributed by atoms with Gasteiger partial charge in [-0.15, -0.1) is 0 Å². The van der Waals surface area contributed by atoms with E-state index in [-0.39, 0.29) is 17.2 Å². The second-order valence-corrected chi connectivity index (χ2v) is 2.38. The van der Waals surface area contributed by atoms with Gasteiger partial charge in [-0.25, -0.2) is 0 Å². The van der Waals surface area contributed by atoms with Gasteiger partial charge in [0, 0.05) is 18.7 Å². The molecule has 5 heteroatoms. The van der Waals surface area contributed by atoms with Crippen LogP contribution in [-0.4, -0.2) is 28.6 Å². The van der Waals surface area contributed by atoms with Crippen LogP contribution in [0.3, 0.4) is 0 Å². The lowest BCUT2D eigenvalue weighted by atomic mass is 10.2. The molecule has 1 aromatic rings. The highest BCUT2D eigenvalue weighted by Gasteiger charge is 2.05. The van der Waals surface area contributed by atoms with Gasteiger partial charge < -0.3 is 20.7 Å². The van der Waals surface area contributed by atoms with Gasteiger partial charge in [0.25, 0.3) is 0 Å². The molecule has 0 unspecified atom stereocenters. The van der Waals surface area contributed by atoms with Crippen LogP contribution in [0.4, 0.5) is 0 Å². The summed E-state index contributed by atoms with van der Waals surface area (Å²) in [5.74, 6) is -0.802. The van der Waals surface area contributed by atoms with Crippen LogP contribution in [0.15, 0.2) is 17.2 Å². The van der Waals surface area contributed by atoms with Crippen LogP contribution in [0.1, 0.15) is 5.56 Å². The van der Waals surface area contributed by atoms with E-state index in [4.69, 9.17) is 10.2 Å². The van der Waals surface area contributed by atoms with Crippen LogP contribution in [-0.2, 0) is 0 Å². The molecule has 0 aliphatic heterocycles. The SMILES string of the molecule is CN/N=C/c1cc(O)c(O)cc1O. The van der Waals surface area contributed by atoms with Crippen molar-refractivity contribution in [2.45, 2.75) is 0 Å². The van der Waals surface area contributed by atoms with E-state index in [9.17, 15) is 5.11 Å². The average molecular weight is 182 g/mol. The minimum Gasteiger partial charge on any atom is -0.507 e. The molecule has 1 aromatic carbocycles. The average Bonchev–Trinajstić information content (AvgIpc) is 2.09. The standard InChI is InChI=1S/C8H10N2O3/c1-9-10-4-5-2-7(12)8(13)3-6(5)11/h2-4,9,11-13H,1H3/b10-4+. The highest BCUT2D eigenvalue weighted by atomic mass is 16.3. The molecular weight excluding hydrogens is 172 g/mol. The number of nitrogens with zero attached hydrogens (tertiary/aromatic N) is 1. The van der Waals surface area contributed by atoms with Crippen LogP contribution in [0.25, 0.3) is 0 Å². The largest absolute Gasteiger partial charge is 0.507 e. The number of aromatic hydroxyl groups is 3. The molecule has 0 amide bonds.